The molecule has 6 heteroatoms. The number of aryl methyl sites for hydroxylation is 1. The minimum absolute atomic E-state index is 0.0563. The molecule has 0 atom stereocenters. The second-order valence-corrected chi connectivity index (χ2v) is 4.86. The third-order valence-electron chi connectivity index (χ3n) is 2.98. The van der Waals surface area contributed by atoms with Crippen molar-refractivity contribution in [3.8, 4) is 0 Å². The highest BCUT2D eigenvalue weighted by Crippen LogP contribution is 2.05. The van der Waals surface area contributed by atoms with Gasteiger partial charge in [-0.15, -0.1) is 0 Å². The molecule has 0 aliphatic carbocycles. The molecule has 0 radical (unpaired) electrons. The Hall–Kier alpha value is -2.11. The van der Waals surface area contributed by atoms with E-state index >= 15 is 0 Å². The quantitative estimate of drug-likeness (QED) is 0.831. The van der Waals surface area contributed by atoms with Crippen molar-refractivity contribution in [1.82, 2.24) is 15.2 Å². The number of aromatic nitrogens is 1. The van der Waals surface area contributed by atoms with Gasteiger partial charge >= 0.3 is 12.0 Å². The first-order valence-electron chi connectivity index (χ1n) is 6.58. The summed E-state index contributed by atoms with van der Waals surface area (Å²) in [6.45, 7) is 6.17. The largest absolute Gasteiger partial charge is 0.481 e. The maximum Gasteiger partial charge on any atom is 0.317 e. The Labute approximate surface area is 118 Å². The fourth-order valence-electron chi connectivity index (χ4n) is 1.77. The van der Waals surface area contributed by atoms with E-state index in [-0.39, 0.29) is 25.0 Å². The number of carboxylic acid groups (broad SMARTS) is 1. The lowest BCUT2D eigenvalue weighted by atomic mass is 10.2. The van der Waals surface area contributed by atoms with Gasteiger partial charge in [0.1, 0.15) is 0 Å². The first kappa shape index (κ1) is 15.9. The molecular weight excluding hydrogens is 258 g/mol. The third-order valence-corrected chi connectivity index (χ3v) is 2.98. The van der Waals surface area contributed by atoms with Crippen molar-refractivity contribution >= 4 is 12.0 Å². The molecule has 1 aromatic heterocycles. The third kappa shape index (κ3) is 4.87. The van der Waals surface area contributed by atoms with Crippen LogP contribution in [0.25, 0.3) is 0 Å². The van der Waals surface area contributed by atoms with Crippen LogP contribution in [0.3, 0.4) is 0 Å². The molecule has 0 fully saturated rings. The molecule has 1 heterocycles. The minimum atomic E-state index is -0.913. The van der Waals surface area contributed by atoms with Gasteiger partial charge in [0.25, 0.3) is 0 Å². The lowest BCUT2D eigenvalue weighted by Gasteiger charge is -2.26. The summed E-state index contributed by atoms with van der Waals surface area (Å²) >= 11 is 0. The Morgan fingerprint density at radius 2 is 2.15 bits per heavy atom. The highest BCUT2D eigenvalue weighted by Gasteiger charge is 2.17. The Bertz CT molecular complexity index is 474. The topological polar surface area (TPSA) is 82.5 Å². The van der Waals surface area contributed by atoms with Gasteiger partial charge in [-0.2, -0.15) is 0 Å². The number of hydrogen-bond acceptors (Lipinski definition) is 3. The summed E-state index contributed by atoms with van der Waals surface area (Å²) in [4.78, 5) is 28.4. The van der Waals surface area contributed by atoms with E-state index in [1.165, 1.54) is 4.90 Å². The zero-order valence-corrected chi connectivity index (χ0v) is 12.1. The maximum atomic E-state index is 12.1. The van der Waals surface area contributed by atoms with Crippen LogP contribution in [0.2, 0.25) is 0 Å². The minimum Gasteiger partial charge on any atom is -0.481 e. The van der Waals surface area contributed by atoms with E-state index in [1.807, 2.05) is 32.9 Å². The number of carboxylic acids is 1. The number of carbonyl (C=O) groups is 2. The number of urea groups is 1. The lowest BCUT2D eigenvalue weighted by Crippen LogP contribution is -2.44. The van der Waals surface area contributed by atoms with Crippen LogP contribution in [0.5, 0.6) is 0 Å². The van der Waals surface area contributed by atoms with Gasteiger partial charge in [0.2, 0.25) is 0 Å². The van der Waals surface area contributed by atoms with Gasteiger partial charge in [0, 0.05) is 18.8 Å². The molecule has 110 valence electrons. The first-order valence-corrected chi connectivity index (χ1v) is 6.58. The van der Waals surface area contributed by atoms with Crippen LogP contribution in [0.1, 0.15) is 31.5 Å². The predicted molar refractivity (Wildman–Crippen MR) is 75.3 cm³/mol. The smallest absolute Gasteiger partial charge is 0.317 e. The molecule has 0 spiro atoms. The average molecular weight is 279 g/mol. The summed E-state index contributed by atoms with van der Waals surface area (Å²) in [5.41, 5.74) is 1.82. The van der Waals surface area contributed by atoms with E-state index in [4.69, 9.17) is 5.11 Å². The van der Waals surface area contributed by atoms with Crippen molar-refractivity contribution in [3.05, 3.63) is 29.6 Å². The van der Waals surface area contributed by atoms with Crippen molar-refractivity contribution in [3.63, 3.8) is 0 Å². The molecule has 0 unspecified atom stereocenters. The summed E-state index contributed by atoms with van der Waals surface area (Å²) < 4.78 is 0. The van der Waals surface area contributed by atoms with Crippen molar-refractivity contribution in [2.24, 2.45) is 0 Å². The van der Waals surface area contributed by atoms with Gasteiger partial charge in [-0.05, 0) is 32.4 Å². The van der Waals surface area contributed by atoms with Gasteiger partial charge < -0.3 is 15.3 Å². The second kappa shape index (κ2) is 7.47. The monoisotopic (exact) mass is 279 g/mol. The summed E-state index contributed by atoms with van der Waals surface area (Å²) in [6.07, 6.45) is 1.62. The van der Waals surface area contributed by atoms with Crippen LogP contribution in [0.4, 0.5) is 4.79 Å². The van der Waals surface area contributed by atoms with Gasteiger partial charge in [-0.25, -0.2) is 4.79 Å². The van der Waals surface area contributed by atoms with E-state index in [0.717, 1.165) is 11.3 Å². The number of carbonyl (C=O) groups excluding carboxylic acids is 1. The summed E-state index contributed by atoms with van der Waals surface area (Å²) in [5.74, 6) is -0.913. The fourth-order valence-corrected chi connectivity index (χ4v) is 1.77. The van der Waals surface area contributed by atoms with E-state index in [2.05, 4.69) is 10.3 Å². The highest BCUT2D eigenvalue weighted by molar-refractivity contribution is 5.75. The number of nitrogens with one attached hydrogen (secondary N) is 1. The van der Waals surface area contributed by atoms with E-state index in [0.29, 0.717) is 6.54 Å². The number of hydrogen-bond donors (Lipinski definition) is 2. The van der Waals surface area contributed by atoms with Gasteiger partial charge in [0.05, 0.1) is 18.7 Å². The Kier molecular flexibility index (Phi) is 5.96. The molecule has 0 aromatic carbocycles. The number of nitrogens with zero attached hydrogens (tertiary/aromatic N) is 2. The van der Waals surface area contributed by atoms with Crippen molar-refractivity contribution in [2.75, 3.05) is 6.54 Å². The molecule has 0 aliphatic rings. The number of pyridine rings is 1. The average Bonchev–Trinajstić information content (AvgIpc) is 2.37. The van der Waals surface area contributed by atoms with E-state index < -0.39 is 5.97 Å². The SMILES string of the molecule is Cc1cccnc1CNC(=O)N(CCC(=O)O)C(C)C. The van der Waals surface area contributed by atoms with Gasteiger partial charge in [-0.3, -0.25) is 9.78 Å². The number of aliphatic carboxylic acids is 1. The van der Waals surface area contributed by atoms with Crippen LogP contribution in [-0.2, 0) is 11.3 Å². The summed E-state index contributed by atoms with van der Waals surface area (Å²) in [5, 5.41) is 11.5. The Morgan fingerprint density at radius 3 is 2.70 bits per heavy atom. The Balaban J connectivity index is 2.58. The Morgan fingerprint density at radius 1 is 1.45 bits per heavy atom. The zero-order chi connectivity index (χ0) is 15.1. The van der Waals surface area contributed by atoms with Crippen molar-refractivity contribution in [1.29, 1.82) is 0 Å². The summed E-state index contributed by atoms with van der Waals surface area (Å²) in [6, 6.07) is 3.44. The molecule has 2 N–H and O–H groups in total. The molecule has 6 nitrogen and oxygen atoms in total. The molecule has 0 aliphatic heterocycles. The lowest BCUT2D eigenvalue weighted by molar-refractivity contribution is -0.137. The molecule has 0 saturated carbocycles. The fraction of sp³-hybridized carbons (Fsp3) is 0.500. The molecular formula is C14H21N3O3. The zero-order valence-electron chi connectivity index (χ0n) is 12.1. The van der Waals surface area contributed by atoms with E-state index in [1.54, 1.807) is 6.20 Å². The molecule has 1 rings (SSSR count). The van der Waals surface area contributed by atoms with Crippen LogP contribution < -0.4 is 5.32 Å². The van der Waals surface area contributed by atoms with Crippen molar-refractivity contribution < 1.29 is 14.7 Å². The second-order valence-electron chi connectivity index (χ2n) is 4.86. The summed E-state index contributed by atoms with van der Waals surface area (Å²) in [7, 11) is 0. The van der Waals surface area contributed by atoms with Crippen LogP contribution in [0, 0.1) is 6.92 Å². The van der Waals surface area contributed by atoms with E-state index in [9.17, 15) is 9.59 Å². The van der Waals surface area contributed by atoms with Gasteiger partial charge in [0.15, 0.2) is 0 Å². The maximum absolute atomic E-state index is 12.1. The molecule has 2 amide bonds. The predicted octanol–water partition coefficient (Wildman–Crippen LogP) is 1.78. The first-order chi connectivity index (χ1) is 9.41. The molecule has 0 bridgehead atoms. The standard InChI is InChI=1S/C14H21N3O3/c1-10(2)17(8-6-13(18)19)14(20)16-9-12-11(3)5-4-7-15-12/h4-5,7,10H,6,8-9H2,1-3H3,(H,16,20)(H,18,19). The van der Waals surface area contributed by atoms with Gasteiger partial charge in [-0.1, -0.05) is 6.07 Å². The highest BCUT2D eigenvalue weighted by atomic mass is 16.4. The number of rotatable bonds is 6. The number of amides is 2. The molecule has 20 heavy (non-hydrogen) atoms. The molecule has 0 saturated heterocycles. The van der Waals surface area contributed by atoms with Crippen LogP contribution >= 0.6 is 0 Å². The van der Waals surface area contributed by atoms with Crippen LogP contribution in [-0.4, -0.2) is 39.6 Å². The molecule has 1 aromatic rings. The van der Waals surface area contributed by atoms with Crippen LogP contribution in [0.15, 0.2) is 18.3 Å². The van der Waals surface area contributed by atoms with Crippen molar-refractivity contribution in [2.45, 2.75) is 39.8 Å². The normalized spacial score (nSPS) is 10.4.